The SMILES string of the molecule is COCC1CCC2(C)C(CCC3C2CCC2(C)C(C(=O)Cn4cc(O)cn4)CCC32)C1. The molecule has 0 bridgehead atoms. The van der Waals surface area contributed by atoms with Crippen molar-refractivity contribution in [1.29, 1.82) is 0 Å². The second-order valence-corrected chi connectivity index (χ2v) is 11.8. The number of hydrogen-bond acceptors (Lipinski definition) is 4. The van der Waals surface area contributed by atoms with Gasteiger partial charge in [-0.25, -0.2) is 0 Å². The first-order valence-electron chi connectivity index (χ1n) is 12.6. The number of carbonyl (C=O) groups is 1. The molecule has 0 aromatic carbocycles. The summed E-state index contributed by atoms with van der Waals surface area (Å²) in [5.74, 6) is 4.53. The lowest BCUT2D eigenvalue weighted by atomic mass is 9.44. The molecule has 8 atom stereocenters. The number of methoxy groups -OCH3 is 1. The van der Waals surface area contributed by atoms with E-state index in [4.69, 9.17) is 4.74 Å². The van der Waals surface area contributed by atoms with Crippen LogP contribution < -0.4 is 0 Å². The van der Waals surface area contributed by atoms with E-state index in [2.05, 4.69) is 18.9 Å². The van der Waals surface area contributed by atoms with Crippen molar-refractivity contribution in [2.45, 2.75) is 78.2 Å². The van der Waals surface area contributed by atoms with Gasteiger partial charge in [-0.2, -0.15) is 5.10 Å². The molecule has 5 heteroatoms. The maximum Gasteiger partial charge on any atom is 0.157 e. The molecule has 0 spiro atoms. The number of rotatable bonds is 5. The lowest BCUT2D eigenvalue weighted by molar-refractivity contribution is -0.138. The third-order valence-corrected chi connectivity index (χ3v) is 10.5. The van der Waals surface area contributed by atoms with Gasteiger partial charge in [0.05, 0.1) is 18.9 Å². The monoisotopic (exact) mass is 428 g/mol. The molecule has 0 radical (unpaired) electrons. The number of ketones is 1. The summed E-state index contributed by atoms with van der Waals surface area (Å²) < 4.78 is 7.10. The van der Waals surface area contributed by atoms with Crippen LogP contribution in [-0.4, -0.2) is 34.4 Å². The molecule has 4 aliphatic rings. The van der Waals surface area contributed by atoms with Crippen molar-refractivity contribution in [1.82, 2.24) is 9.78 Å². The highest BCUT2D eigenvalue weighted by Crippen LogP contribution is 2.67. The Morgan fingerprint density at radius 2 is 1.90 bits per heavy atom. The van der Waals surface area contributed by atoms with Crippen LogP contribution in [0.2, 0.25) is 0 Å². The van der Waals surface area contributed by atoms with Crippen LogP contribution in [0.3, 0.4) is 0 Å². The van der Waals surface area contributed by atoms with Crippen molar-refractivity contribution in [3.63, 3.8) is 0 Å². The smallest absolute Gasteiger partial charge is 0.157 e. The Bertz CT molecular complexity index is 821. The standard InChI is InChI=1S/C26H40N2O3/c1-25-10-8-17(16-31-3)12-18(25)4-5-20-21-6-7-23(26(21,2)11-9-22(20)25)24(30)15-28-14-19(29)13-27-28/h13-14,17-18,20-23,29H,4-12,15-16H2,1-3H3. The average molecular weight is 429 g/mol. The number of aromatic hydroxyl groups is 1. The Hall–Kier alpha value is -1.36. The minimum Gasteiger partial charge on any atom is -0.505 e. The summed E-state index contributed by atoms with van der Waals surface area (Å²) in [4.78, 5) is 13.3. The van der Waals surface area contributed by atoms with Gasteiger partial charge < -0.3 is 9.84 Å². The van der Waals surface area contributed by atoms with Gasteiger partial charge in [0.15, 0.2) is 11.5 Å². The molecule has 4 fully saturated rings. The van der Waals surface area contributed by atoms with Gasteiger partial charge in [-0.05, 0) is 98.2 Å². The van der Waals surface area contributed by atoms with E-state index < -0.39 is 0 Å². The van der Waals surface area contributed by atoms with Gasteiger partial charge in [0.2, 0.25) is 0 Å². The fourth-order valence-corrected chi connectivity index (χ4v) is 8.97. The van der Waals surface area contributed by atoms with E-state index in [0.29, 0.717) is 23.7 Å². The zero-order valence-electron chi connectivity index (χ0n) is 19.6. The predicted octanol–water partition coefficient (Wildman–Crippen LogP) is 5.08. The van der Waals surface area contributed by atoms with Gasteiger partial charge in [-0.15, -0.1) is 0 Å². The van der Waals surface area contributed by atoms with E-state index in [1.54, 1.807) is 10.9 Å². The van der Waals surface area contributed by atoms with Crippen molar-refractivity contribution < 1.29 is 14.6 Å². The van der Waals surface area contributed by atoms with Crippen molar-refractivity contribution in [3.8, 4) is 5.75 Å². The second kappa shape index (κ2) is 7.90. The van der Waals surface area contributed by atoms with Gasteiger partial charge in [-0.3, -0.25) is 9.48 Å². The van der Waals surface area contributed by atoms with Crippen LogP contribution in [0.5, 0.6) is 5.75 Å². The summed E-state index contributed by atoms with van der Waals surface area (Å²) in [5, 5.41) is 13.7. The van der Waals surface area contributed by atoms with Gasteiger partial charge in [-0.1, -0.05) is 13.8 Å². The highest BCUT2D eigenvalue weighted by molar-refractivity contribution is 5.82. The summed E-state index contributed by atoms with van der Waals surface area (Å²) >= 11 is 0. The Labute approximate surface area is 186 Å². The topological polar surface area (TPSA) is 64.3 Å². The molecule has 5 rings (SSSR count). The highest BCUT2D eigenvalue weighted by atomic mass is 16.5. The van der Waals surface area contributed by atoms with Crippen LogP contribution in [0, 0.1) is 46.3 Å². The van der Waals surface area contributed by atoms with Crippen LogP contribution in [0.1, 0.15) is 71.6 Å². The number of Topliss-reactive ketones (excluding diaryl/α,β-unsaturated/α-hetero) is 1. The fraction of sp³-hybridized carbons (Fsp3) is 0.846. The molecule has 0 saturated heterocycles. The molecule has 5 nitrogen and oxygen atoms in total. The lowest BCUT2D eigenvalue weighted by Gasteiger charge is -2.61. The summed E-state index contributed by atoms with van der Waals surface area (Å²) in [7, 11) is 1.85. The Balaban J connectivity index is 1.31. The lowest BCUT2D eigenvalue weighted by Crippen LogP contribution is -2.54. The molecule has 1 aromatic heterocycles. The summed E-state index contributed by atoms with van der Waals surface area (Å²) in [5.41, 5.74) is 0.632. The molecule has 1 heterocycles. The second-order valence-electron chi connectivity index (χ2n) is 11.8. The number of hydrogen-bond donors (Lipinski definition) is 1. The van der Waals surface area contributed by atoms with Crippen LogP contribution in [0.25, 0.3) is 0 Å². The van der Waals surface area contributed by atoms with Gasteiger partial charge in [0.25, 0.3) is 0 Å². The van der Waals surface area contributed by atoms with Gasteiger partial charge >= 0.3 is 0 Å². The van der Waals surface area contributed by atoms with Crippen molar-refractivity contribution in [3.05, 3.63) is 12.4 Å². The third kappa shape index (κ3) is 3.46. The molecular weight excluding hydrogens is 388 g/mol. The van der Waals surface area contributed by atoms with E-state index in [1.165, 1.54) is 57.6 Å². The van der Waals surface area contributed by atoms with E-state index in [9.17, 15) is 9.90 Å². The highest BCUT2D eigenvalue weighted by Gasteiger charge is 2.61. The first-order chi connectivity index (χ1) is 14.8. The molecule has 0 aliphatic heterocycles. The van der Waals surface area contributed by atoms with Crippen molar-refractivity contribution in [2.75, 3.05) is 13.7 Å². The minimum atomic E-state index is 0.133. The maximum atomic E-state index is 13.3. The number of fused-ring (bicyclic) bond motifs is 5. The molecule has 0 amide bonds. The molecular formula is C26H40N2O3. The molecule has 4 aliphatic carbocycles. The van der Waals surface area contributed by atoms with Crippen LogP contribution >= 0.6 is 0 Å². The predicted molar refractivity (Wildman–Crippen MR) is 119 cm³/mol. The Morgan fingerprint density at radius 1 is 1.13 bits per heavy atom. The first kappa shape index (κ1) is 21.5. The quantitative estimate of drug-likeness (QED) is 0.710. The van der Waals surface area contributed by atoms with Crippen LogP contribution in [-0.2, 0) is 16.1 Å². The number of carbonyl (C=O) groups excluding carboxylic acids is 1. The van der Waals surface area contributed by atoms with Gasteiger partial charge in [0.1, 0.15) is 0 Å². The molecule has 1 N–H and O–H groups in total. The molecule has 4 saturated carbocycles. The normalized spacial score (nSPS) is 44.4. The van der Waals surface area contributed by atoms with E-state index in [1.807, 2.05) is 7.11 Å². The number of ether oxygens (including phenoxy) is 1. The van der Waals surface area contributed by atoms with Gasteiger partial charge in [0, 0.05) is 19.6 Å². The zero-order valence-corrected chi connectivity index (χ0v) is 19.6. The Kier molecular flexibility index (Phi) is 5.47. The molecule has 1 aromatic rings. The summed E-state index contributed by atoms with van der Waals surface area (Å²) in [6.45, 7) is 6.26. The Morgan fingerprint density at radius 3 is 2.65 bits per heavy atom. The zero-order chi connectivity index (χ0) is 21.8. The third-order valence-electron chi connectivity index (χ3n) is 10.5. The first-order valence-corrected chi connectivity index (χ1v) is 12.6. The van der Waals surface area contributed by atoms with Crippen LogP contribution in [0.15, 0.2) is 12.4 Å². The van der Waals surface area contributed by atoms with E-state index in [-0.39, 0.29) is 17.1 Å². The molecule has 31 heavy (non-hydrogen) atoms. The minimum absolute atomic E-state index is 0.133. The largest absolute Gasteiger partial charge is 0.505 e. The molecule has 8 unspecified atom stereocenters. The van der Waals surface area contributed by atoms with Crippen LogP contribution in [0.4, 0.5) is 0 Å². The fourth-order valence-electron chi connectivity index (χ4n) is 8.97. The summed E-state index contributed by atoms with van der Waals surface area (Å²) in [6.07, 6.45) is 14.5. The average Bonchev–Trinajstić information content (AvgIpc) is 3.30. The number of nitrogens with zero attached hydrogens (tertiary/aromatic N) is 2. The van der Waals surface area contributed by atoms with E-state index in [0.717, 1.165) is 36.7 Å². The summed E-state index contributed by atoms with van der Waals surface area (Å²) in [6, 6.07) is 0. The maximum absolute atomic E-state index is 13.3. The van der Waals surface area contributed by atoms with Crippen molar-refractivity contribution >= 4 is 5.78 Å². The number of aromatic nitrogens is 2. The van der Waals surface area contributed by atoms with E-state index >= 15 is 0 Å². The van der Waals surface area contributed by atoms with Crippen molar-refractivity contribution in [2.24, 2.45) is 46.3 Å². The molecule has 172 valence electrons.